The van der Waals surface area contributed by atoms with Crippen molar-refractivity contribution in [1.29, 1.82) is 0 Å². The lowest BCUT2D eigenvalue weighted by atomic mass is 10.4. The molecule has 2 heteroatoms. The van der Waals surface area contributed by atoms with Gasteiger partial charge in [0.25, 0.3) is 0 Å². The largest absolute Gasteiger partial charge is 0.392 e. The summed E-state index contributed by atoms with van der Waals surface area (Å²) >= 11 is 0. The number of hydrogen-bond donors (Lipinski definition) is 1. The van der Waals surface area contributed by atoms with Crippen LogP contribution in [-0.4, -0.2) is 24.4 Å². The summed E-state index contributed by atoms with van der Waals surface area (Å²) in [5.74, 6) is 0. The molecule has 0 amide bonds. The number of allylic oxidation sites excluding steroid dienone is 3. The molecule has 0 bridgehead atoms. The van der Waals surface area contributed by atoms with E-state index in [1.807, 2.05) is 19.1 Å². The number of hydrogen-bond acceptors (Lipinski definition) is 2. The molecule has 0 radical (unpaired) electrons. The maximum Gasteiger partial charge on any atom is 0.0781 e. The summed E-state index contributed by atoms with van der Waals surface area (Å²) in [5, 5.41) is 8.17. The fraction of sp³-hybridized carbons (Fsp3) is 0.556. The Morgan fingerprint density at radius 3 is 2.36 bits per heavy atom. The van der Waals surface area contributed by atoms with Crippen molar-refractivity contribution in [3.8, 4) is 0 Å². The number of aliphatic hydroxyl groups is 1. The van der Waals surface area contributed by atoms with Crippen molar-refractivity contribution in [2.24, 2.45) is 0 Å². The normalized spacial score (nSPS) is 21.9. The van der Waals surface area contributed by atoms with Crippen LogP contribution >= 0.6 is 0 Å². The fourth-order valence-electron chi connectivity index (χ4n) is 0.347. The second kappa shape index (κ2) is 7.51. The van der Waals surface area contributed by atoms with Crippen LogP contribution in [0.3, 0.4) is 0 Å². The van der Waals surface area contributed by atoms with E-state index in [0.717, 1.165) is 6.61 Å². The molecule has 0 aromatic rings. The summed E-state index contributed by atoms with van der Waals surface area (Å²) in [6, 6.07) is 0. The van der Waals surface area contributed by atoms with E-state index in [1.54, 1.807) is 12.2 Å². The summed E-state index contributed by atoms with van der Waals surface area (Å²) in [7, 11) is 0. The molecule has 1 heterocycles. The minimum Gasteiger partial charge on any atom is -0.392 e. The van der Waals surface area contributed by atoms with Gasteiger partial charge in [0, 0.05) is 0 Å². The van der Waals surface area contributed by atoms with Crippen molar-refractivity contribution in [2.75, 3.05) is 13.2 Å². The molecule has 1 atom stereocenters. The number of epoxide rings is 1. The summed E-state index contributed by atoms with van der Waals surface area (Å²) in [5.41, 5.74) is 0. The predicted molar refractivity (Wildman–Crippen MR) is 46.5 cm³/mol. The van der Waals surface area contributed by atoms with E-state index in [0.29, 0.717) is 6.10 Å². The van der Waals surface area contributed by atoms with Crippen LogP contribution in [0.15, 0.2) is 24.3 Å². The monoisotopic (exact) mass is 156 g/mol. The zero-order valence-corrected chi connectivity index (χ0v) is 7.16. The smallest absolute Gasteiger partial charge is 0.0781 e. The van der Waals surface area contributed by atoms with E-state index in [-0.39, 0.29) is 6.61 Å². The van der Waals surface area contributed by atoms with Crippen molar-refractivity contribution >= 4 is 0 Å². The Labute approximate surface area is 68.2 Å². The third-order valence-corrected chi connectivity index (χ3v) is 1.05. The van der Waals surface area contributed by atoms with Gasteiger partial charge in [0.15, 0.2) is 0 Å². The first-order valence-electron chi connectivity index (χ1n) is 3.81. The van der Waals surface area contributed by atoms with Crippen LogP contribution in [0.1, 0.15) is 13.8 Å². The highest BCUT2D eigenvalue weighted by molar-refractivity contribution is 5.00. The van der Waals surface area contributed by atoms with E-state index >= 15 is 0 Å². The fourth-order valence-corrected chi connectivity index (χ4v) is 0.347. The van der Waals surface area contributed by atoms with Crippen molar-refractivity contribution in [1.82, 2.24) is 0 Å². The summed E-state index contributed by atoms with van der Waals surface area (Å²) < 4.78 is 4.71. The first-order chi connectivity index (χ1) is 5.31. The van der Waals surface area contributed by atoms with Crippen molar-refractivity contribution in [3.05, 3.63) is 24.3 Å². The van der Waals surface area contributed by atoms with Gasteiger partial charge in [-0.15, -0.1) is 0 Å². The Hall–Kier alpha value is -0.600. The molecule has 11 heavy (non-hydrogen) atoms. The maximum atomic E-state index is 8.17. The minimum absolute atomic E-state index is 0.129. The third kappa shape index (κ3) is 12.6. The SMILES string of the molecule is C/C=C/C=C/CO.CC1CO1. The Morgan fingerprint density at radius 1 is 1.55 bits per heavy atom. The quantitative estimate of drug-likeness (QED) is 0.485. The molecule has 1 fully saturated rings. The van der Waals surface area contributed by atoms with Crippen molar-refractivity contribution in [2.45, 2.75) is 20.0 Å². The molecule has 1 aliphatic heterocycles. The molecule has 0 saturated carbocycles. The molecule has 1 aliphatic rings. The standard InChI is InChI=1S/C6H10O.C3H6O/c1-2-3-4-5-6-7;1-3-2-4-3/h2-5,7H,6H2,1H3;3H,2H2,1H3/b3-2+,5-4+;. The van der Waals surface area contributed by atoms with Crippen LogP contribution in [0.5, 0.6) is 0 Å². The highest BCUT2D eigenvalue weighted by Gasteiger charge is 2.13. The van der Waals surface area contributed by atoms with Gasteiger partial charge in [0.2, 0.25) is 0 Å². The number of ether oxygens (including phenoxy) is 1. The number of rotatable bonds is 2. The molecule has 0 aromatic heterocycles. The molecular weight excluding hydrogens is 140 g/mol. The molecule has 0 aromatic carbocycles. The summed E-state index contributed by atoms with van der Waals surface area (Å²) in [4.78, 5) is 0. The van der Waals surface area contributed by atoms with E-state index in [9.17, 15) is 0 Å². The van der Waals surface area contributed by atoms with Gasteiger partial charge >= 0.3 is 0 Å². The van der Waals surface area contributed by atoms with Gasteiger partial charge in [-0.2, -0.15) is 0 Å². The molecule has 1 saturated heterocycles. The molecule has 1 unspecified atom stereocenters. The first kappa shape index (κ1) is 10.4. The Morgan fingerprint density at radius 2 is 2.09 bits per heavy atom. The lowest BCUT2D eigenvalue weighted by Gasteiger charge is -1.70. The van der Waals surface area contributed by atoms with Crippen LogP contribution in [0.2, 0.25) is 0 Å². The van der Waals surface area contributed by atoms with E-state index < -0.39 is 0 Å². The molecule has 0 spiro atoms. The van der Waals surface area contributed by atoms with Gasteiger partial charge in [0.05, 0.1) is 19.3 Å². The Balaban J connectivity index is 0.000000207. The summed E-state index contributed by atoms with van der Waals surface area (Å²) in [6.45, 7) is 5.10. The lowest BCUT2D eigenvalue weighted by Crippen LogP contribution is -1.66. The highest BCUT2D eigenvalue weighted by atomic mass is 16.6. The van der Waals surface area contributed by atoms with E-state index in [1.165, 1.54) is 0 Å². The van der Waals surface area contributed by atoms with Gasteiger partial charge in [-0.05, 0) is 13.8 Å². The zero-order valence-electron chi connectivity index (χ0n) is 7.16. The van der Waals surface area contributed by atoms with Crippen molar-refractivity contribution < 1.29 is 9.84 Å². The molecular formula is C9H16O2. The first-order valence-corrected chi connectivity index (χ1v) is 3.81. The van der Waals surface area contributed by atoms with Crippen LogP contribution < -0.4 is 0 Å². The summed E-state index contributed by atoms with van der Waals surface area (Å²) in [6.07, 6.45) is 7.85. The highest BCUT2D eigenvalue weighted by Crippen LogP contribution is 2.04. The van der Waals surface area contributed by atoms with E-state index in [4.69, 9.17) is 9.84 Å². The molecule has 1 rings (SSSR count). The van der Waals surface area contributed by atoms with Crippen LogP contribution in [0.25, 0.3) is 0 Å². The lowest BCUT2D eigenvalue weighted by molar-refractivity contribution is 0.343. The van der Waals surface area contributed by atoms with E-state index in [2.05, 4.69) is 6.92 Å². The molecule has 2 nitrogen and oxygen atoms in total. The second-order valence-corrected chi connectivity index (χ2v) is 2.28. The maximum absolute atomic E-state index is 8.17. The van der Waals surface area contributed by atoms with Crippen LogP contribution in [-0.2, 0) is 4.74 Å². The van der Waals surface area contributed by atoms with Gasteiger partial charge < -0.3 is 9.84 Å². The third-order valence-electron chi connectivity index (χ3n) is 1.05. The van der Waals surface area contributed by atoms with Gasteiger partial charge in [0.1, 0.15) is 0 Å². The average molecular weight is 156 g/mol. The topological polar surface area (TPSA) is 32.8 Å². The molecule has 64 valence electrons. The van der Waals surface area contributed by atoms with Gasteiger partial charge in [-0.25, -0.2) is 0 Å². The van der Waals surface area contributed by atoms with Crippen molar-refractivity contribution in [3.63, 3.8) is 0 Å². The van der Waals surface area contributed by atoms with Crippen LogP contribution in [0, 0.1) is 0 Å². The molecule has 0 aliphatic carbocycles. The molecule has 1 N–H and O–H groups in total. The average Bonchev–Trinajstić information content (AvgIpc) is 2.75. The van der Waals surface area contributed by atoms with Gasteiger partial charge in [-0.1, -0.05) is 24.3 Å². The predicted octanol–water partition coefficient (Wildman–Crippen LogP) is 1.52. The van der Waals surface area contributed by atoms with Crippen LogP contribution in [0.4, 0.5) is 0 Å². The van der Waals surface area contributed by atoms with Gasteiger partial charge in [-0.3, -0.25) is 0 Å². The second-order valence-electron chi connectivity index (χ2n) is 2.28. The Bertz CT molecular complexity index is 124. The number of aliphatic hydroxyl groups excluding tert-OH is 1. The Kier molecular flexibility index (Phi) is 7.10. The minimum atomic E-state index is 0.129. The zero-order chi connectivity index (χ0) is 8.53.